The first-order valence-electron chi connectivity index (χ1n) is 7.51. The van der Waals surface area contributed by atoms with Gasteiger partial charge in [-0.05, 0) is 31.6 Å². The van der Waals surface area contributed by atoms with E-state index in [1.165, 1.54) is 6.42 Å². The summed E-state index contributed by atoms with van der Waals surface area (Å²) in [6.07, 6.45) is 4.08. The molecule has 110 valence electrons. The van der Waals surface area contributed by atoms with Crippen LogP contribution in [-0.2, 0) is 9.59 Å². The number of carbonyl (C=O) groups is 2. The number of likely N-dealkylation sites (tertiary alicyclic amines) is 1. The van der Waals surface area contributed by atoms with Crippen molar-refractivity contribution in [1.82, 2.24) is 10.2 Å². The van der Waals surface area contributed by atoms with Crippen LogP contribution in [0.5, 0.6) is 0 Å². The molecule has 0 aliphatic carbocycles. The van der Waals surface area contributed by atoms with E-state index in [-0.39, 0.29) is 23.8 Å². The van der Waals surface area contributed by atoms with Gasteiger partial charge in [-0.15, -0.1) is 0 Å². The molecule has 0 saturated carbocycles. The van der Waals surface area contributed by atoms with Gasteiger partial charge < -0.3 is 10.2 Å². The lowest BCUT2D eigenvalue weighted by Gasteiger charge is -2.31. The monoisotopic (exact) mass is 268 g/mol. The van der Waals surface area contributed by atoms with E-state index >= 15 is 0 Å². The molecule has 1 aliphatic rings. The molecular weight excluding hydrogens is 240 g/mol. The Kier molecular flexibility index (Phi) is 6.32. The lowest BCUT2D eigenvalue weighted by Crippen LogP contribution is -2.51. The highest BCUT2D eigenvalue weighted by Gasteiger charge is 2.27. The molecule has 1 aliphatic heterocycles. The Balaban J connectivity index is 2.66. The lowest BCUT2D eigenvalue weighted by molar-refractivity contribution is -0.138. The minimum atomic E-state index is -0.354. The summed E-state index contributed by atoms with van der Waals surface area (Å²) in [7, 11) is 0. The first-order valence-corrected chi connectivity index (χ1v) is 7.51. The van der Waals surface area contributed by atoms with Crippen LogP contribution in [-0.4, -0.2) is 35.8 Å². The van der Waals surface area contributed by atoms with Crippen LogP contribution >= 0.6 is 0 Å². The third-order valence-electron chi connectivity index (χ3n) is 3.51. The first-order chi connectivity index (χ1) is 8.91. The third kappa shape index (κ3) is 5.21. The van der Waals surface area contributed by atoms with Crippen molar-refractivity contribution in [2.75, 3.05) is 13.1 Å². The van der Waals surface area contributed by atoms with E-state index in [1.807, 2.05) is 18.7 Å². The Bertz CT molecular complexity index is 307. The van der Waals surface area contributed by atoms with Crippen LogP contribution in [0.2, 0.25) is 0 Å². The molecule has 4 heteroatoms. The maximum atomic E-state index is 12.5. The molecule has 1 heterocycles. The molecular formula is C15H28N2O2. The molecule has 2 amide bonds. The topological polar surface area (TPSA) is 49.4 Å². The standard InChI is InChI=1S/C15H28N2O2/c1-11(2)10-13(16-14(18)12(3)4)15(19)17-8-6-5-7-9-17/h11-13H,5-10H2,1-4H3,(H,16,18)/t13-/m0/s1. The Morgan fingerprint density at radius 3 is 2.11 bits per heavy atom. The molecule has 1 rings (SSSR count). The van der Waals surface area contributed by atoms with Crippen molar-refractivity contribution in [3.8, 4) is 0 Å². The van der Waals surface area contributed by atoms with Crippen LogP contribution in [0.1, 0.15) is 53.4 Å². The number of rotatable bonds is 5. The summed E-state index contributed by atoms with van der Waals surface area (Å²) in [6.45, 7) is 9.55. The minimum Gasteiger partial charge on any atom is -0.344 e. The highest BCUT2D eigenvalue weighted by Crippen LogP contribution is 2.14. The molecule has 0 unspecified atom stereocenters. The molecule has 0 aromatic rings. The summed E-state index contributed by atoms with van der Waals surface area (Å²) in [4.78, 5) is 26.3. The SMILES string of the molecule is CC(C)C[C@H](NC(=O)C(C)C)C(=O)N1CCCCC1. The molecule has 0 aromatic heterocycles. The molecule has 0 aromatic carbocycles. The highest BCUT2D eigenvalue weighted by molar-refractivity contribution is 5.88. The van der Waals surface area contributed by atoms with Crippen molar-refractivity contribution >= 4 is 11.8 Å². The van der Waals surface area contributed by atoms with Crippen molar-refractivity contribution in [3.63, 3.8) is 0 Å². The van der Waals surface area contributed by atoms with Crippen LogP contribution in [0.25, 0.3) is 0 Å². The second-order valence-corrected chi connectivity index (χ2v) is 6.23. The summed E-state index contributed by atoms with van der Waals surface area (Å²) < 4.78 is 0. The van der Waals surface area contributed by atoms with E-state index in [0.29, 0.717) is 12.3 Å². The minimum absolute atomic E-state index is 0.0315. The number of nitrogens with one attached hydrogen (secondary N) is 1. The van der Waals surface area contributed by atoms with E-state index in [2.05, 4.69) is 19.2 Å². The zero-order valence-electron chi connectivity index (χ0n) is 12.7. The van der Waals surface area contributed by atoms with Gasteiger partial charge in [-0.1, -0.05) is 27.7 Å². The van der Waals surface area contributed by atoms with Gasteiger partial charge in [0.05, 0.1) is 0 Å². The lowest BCUT2D eigenvalue weighted by atomic mass is 10.0. The van der Waals surface area contributed by atoms with Gasteiger partial charge in [-0.25, -0.2) is 0 Å². The average Bonchev–Trinajstić information content (AvgIpc) is 2.37. The average molecular weight is 268 g/mol. The van der Waals surface area contributed by atoms with Gasteiger partial charge in [0.2, 0.25) is 11.8 Å². The van der Waals surface area contributed by atoms with Crippen molar-refractivity contribution in [2.45, 2.75) is 59.4 Å². The number of nitrogens with zero attached hydrogens (tertiary/aromatic N) is 1. The maximum absolute atomic E-state index is 12.5. The van der Waals surface area contributed by atoms with Gasteiger partial charge in [0.1, 0.15) is 6.04 Å². The van der Waals surface area contributed by atoms with Gasteiger partial charge in [0.25, 0.3) is 0 Å². The van der Waals surface area contributed by atoms with Crippen molar-refractivity contribution < 1.29 is 9.59 Å². The second kappa shape index (κ2) is 7.51. The summed E-state index contributed by atoms with van der Waals surface area (Å²) in [5.41, 5.74) is 0. The predicted molar refractivity (Wildman–Crippen MR) is 76.7 cm³/mol. The van der Waals surface area contributed by atoms with Gasteiger partial charge >= 0.3 is 0 Å². The maximum Gasteiger partial charge on any atom is 0.245 e. The van der Waals surface area contributed by atoms with Crippen LogP contribution < -0.4 is 5.32 Å². The third-order valence-corrected chi connectivity index (χ3v) is 3.51. The normalized spacial score (nSPS) is 17.7. The van der Waals surface area contributed by atoms with Crippen molar-refractivity contribution in [3.05, 3.63) is 0 Å². The first kappa shape index (κ1) is 16.0. The predicted octanol–water partition coefficient (Wildman–Crippen LogP) is 2.19. The van der Waals surface area contributed by atoms with E-state index in [9.17, 15) is 9.59 Å². The Labute approximate surface area is 116 Å². The number of hydrogen-bond donors (Lipinski definition) is 1. The summed E-state index contributed by atoms with van der Waals surface area (Å²) in [6, 6.07) is -0.354. The summed E-state index contributed by atoms with van der Waals surface area (Å²) in [5.74, 6) is 0.383. The summed E-state index contributed by atoms with van der Waals surface area (Å²) in [5, 5.41) is 2.91. The van der Waals surface area contributed by atoms with Crippen LogP contribution in [0.4, 0.5) is 0 Å². The molecule has 4 nitrogen and oxygen atoms in total. The van der Waals surface area contributed by atoms with E-state index in [4.69, 9.17) is 0 Å². The quantitative estimate of drug-likeness (QED) is 0.831. The second-order valence-electron chi connectivity index (χ2n) is 6.23. The number of piperidine rings is 1. The number of amides is 2. The molecule has 0 bridgehead atoms. The Morgan fingerprint density at radius 2 is 1.63 bits per heavy atom. The van der Waals surface area contributed by atoms with Crippen molar-refractivity contribution in [2.24, 2.45) is 11.8 Å². The summed E-state index contributed by atoms with van der Waals surface area (Å²) >= 11 is 0. The molecule has 1 N–H and O–H groups in total. The largest absolute Gasteiger partial charge is 0.344 e. The number of hydrogen-bond acceptors (Lipinski definition) is 2. The van der Waals surface area contributed by atoms with E-state index in [0.717, 1.165) is 25.9 Å². The molecule has 1 atom stereocenters. The fourth-order valence-corrected chi connectivity index (χ4v) is 2.37. The van der Waals surface area contributed by atoms with Crippen LogP contribution in [0.3, 0.4) is 0 Å². The fourth-order valence-electron chi connectivity index (χ4n) is 2.37. The van der Waals surface area contributed by atoms with E-state index < -0.39 is 0 Å². The highest BCUT2D eigenvalue weighted by atomic mass is 16.2. The van der Waals surface area contributed by atoms with Gasteiger partial charge in [-0.2, -0.15) is 0 Å². The van der Waals surface area contributed by atoms with Gasteiger partial charge in [-0.3, -0.25) is 9.59 Å². The molecule has 1 fully saturated rings. The zero-order valence-corrected chi connectivity index (χ0v) is 12.7. The van der Waals surface area contributed by atoms with Gasteiger partial charge in [0, 0.05) is 19.0 Å². The molecule has 0 spiro atoms. The molecule has 1 saturated heterocycles. The fraction of sp³-hybridized carbons (Fsp3) is 0.867. The Morgan fingerprint density at radius 1 is 1.05 bits per heavy atom. The van der Waals surface area contributed by atoms with E-state index in [1.54, 1.807) is 0 Å². The number of carbonyl (C=O) groups excluding carboxylic acids is 2. The van der Waals surface area contributed by atoms with Crippen LogP contribution in [0.15, 0.2) is 0 Å². The Hall–Kier alpha value is -1.06. The van der Waals surface area contributed by atoms with Crippen LogP contribution in [0, 0.1) is 11.8 Å². The van der Waals surface area contributed by atoms with Crippen molar-refractivity contribution in [1.29, 1.82) is 0 Å². The zero-order chi connectivity index (χ0) is 14.4. The smallest absolute Gasteiger partial charge is 0.245 e. The molecule has 19 heavy (non-hydrogen) atoms. The molecule has 0 radical (unpaired) electrons. The van der Waals surface area contributed by atoms with Gasteiger partial charge in [0.15, 0.2) is 0 Å².